The molecule has 1 rings (SSSR count). The summed E-state index contributed by atoms with van der Waals surface area (Å²) in [5.74, 6) is 0. The van der Waals surface area contributed by atoms with Gasteiger partial charge in [-0.2, -0.15) is 0 Å². The van der Waals surface area contributed by atoms with E-state index in [1.807, 2.05) is 24.6 Å². The summed E-state index contributed by atoms with van der Waals surface area (Å²) >= 11 is 0. The molecule has 0 aliphatic rings. The molecule has 1 unspecified atom stereocenters. The Morgan fingerprint density at radius 3 is 2.83 bits per heavy atom. The van der Waals surface area contributed by atoms with Crippen LogP contribution in [0.1, 0.15) is 19.5 Å². The van der Waals surface area contributed by atoms with E-state index in [2.05, 4.69) is 4.98 Å². The minimum absolute atomic E-state index is 0.389. The summed E-state index contributed by atoms with van der Waals surface area (Å²) in [6, 6.07) is 0. The summed E-state index contributed by atoms with van der Waals surface area (Å²) in [7, 11) is 1.92. The summed E-state index contributed by atoms with van der Waals surface area (Å²) < 4.78 is 1.91. The Kier molecular flexibility index (Phi) is 2.65. The Labute approximate surface area is 72.4 Å². The van der Waals surface area contributed by atoms with Crippen LogP contribution in [0.5, 0.6) is 0 Å². The molecule has 0 radical (unpaired) electrons. The van der Waals surface area contributed by atoms with Gasteiger partial charge < -0.3 is 9.67 Å². The monoisotopic (exact) mass is 166 g/mol. The first-order valence-corrected chi connectivity index (χ1v) is 3.94. The van der Waals surface area contributed by atoms with Crippen molar-refractivity contribution in [2.75, 3.05) is 0 Å². The maximum absolute atomic E-state index is 9.21. The van der Waals surface area contributed by atoms with Crippen molar-refractivity contribution in [1.29, 1.82) is 0 Å². The Hall–Kier alpha value is -1.09. The van der Waals surface area contributed by atoms with E-state index in [9.17, 15) is 5.11 Å². The van der Waals surface area contributed by atoms with Crippen LogP contribution in [0.4, 0.5) is 0 Å². The average molecular weight is 166 g/mol. The van der Waals surface area contributed by atoms with Gasteiger partial charge in [-0.1, -0.05) is 0 Å². The van der Waals surface area contributed by atoms with Crippen molar-refractivity contribution < 1.29 is 5.11 Å². The van der Waals surface area contributed by atoms with Gasteiger partial charge in [0.25, 0.3) is 0 Å². The fourth-order valence-electron chi connectivity index (χ4n) is 0.860. The number of aromatic nitrogens is 2. The molecule has 0 bridgehead atoms. The zero-order chi connectivity index (χ0) is 9.14. The van der Waals surface area contributed by atoms with E-state index in [4.69, 9.17) is 0 Å². The molecule has 3 heteroatoms. The van der Waals surface area contributed by atoms with Crippen LogP contribution in [0.3, 0.4) is 0 Å². The highest BCUT2D eigenvalue weighted by atomic mass is 16.3. The fourth-order valence-corrected chi connectivity index (χ4v) is 0.860. The molecule has 0 saturated carbocycles. The standard InChI is InChI=1S/C9H14N2O/c1-7(8(2)12)4-9-5-10-6-11(9)3/h4-6,8,12H,1-3H3. The molecule has 1 aromatic heterocycles. The number of nitrogens with zero attached hydrogens (tertiary/aromatic N) is 2. The second-order valence-corrected chi connectivity index (χ2v) is 2.99. The van der Waals surface area contributed by atoms with E-state index in [1.165, 1.54) is 0 Å². The van der Waals surface area contributed by atoms with Crippen LogP contribution in [-0.4, -0.2) is 20.8 Å². The maximum Gasteiger partial charge on any atom is 0.0948 e. The van der Waals surface area contributed by atoms with Crippen molar-refractivity contribution in [3.8, 4) is 0 Å². The van der Waals surface area contributed by atoms with Gasteiger partial charge >= 0.3 is 0 Å². The Morgan fingerprint density at radius 1 is 1.75 bits per heavy atom. The van der Waals surface area contributed by atoms with Gasteiger partial charge in [0.15, 0.2) is 0 Å². The van der Waals surface area contributed by atoms with Gasteiger partial charge in [-0.15, -0.1) is 0 Å². The van der Waals surface area contributed by atoms with E-state index in [1.54, 1.807) is 19.4 Å². The van der Waals surface area contributed by atoms with Crippen LogP contribution in [0.25, 0.3) is 6.08 Å². The van der Waals surface area contributed by atoms with E-state index in [0.717, 1.165) is 11.3 Å². The third kappa shape index (κ3) is 1.95. The van der Waals surface area contributed by atoms with Crippen LogP contribution >= 0.6 is 0 Å². The molecule has 0 aromatic carbocycles. The van der Waals surface area contributed by atoms with Crippen LogP contribution in [-0.2, 0) is 7.05 Å². The lowest BCUT2D eigenvalue weighted by Gasteiger charge is -2.03. The first kappa shape index (κ1) is 9.00. The highest BCUT2D eigenvalue weighted by Gasteiger charge is 1.99. The number of aryl methyl sites for hydroxylation is 1. The molecule has 1 aromatic rings. The lowest BCUT2D eigenvalue weighted by molar-refractivity contribution is 0.232. The molecule has 1 heterocycles. The van der Waals surface area contributed by atoms with Gasteiger partial charge in [0, 0.05) is 7.05 Å². The number of hydrogen-bond donors (Lipinski definition) is 1. The topological polar surface area (TPSA) is 38.0 Å². The maximum atomic E-state index is 9.21. The molecule has 0 aliphatic carbocycles. The summed E-state index contributed by atoms with van der Waals surface area (Å²) in [5.41, 5.74) is 1.95. The average Bonchev–Trinajstić information content (AvgIpc) is 2.36. The van der Waals surface area contributed by atoms with E-state index >= 15 is 0 Å². The van der Waals surface area contributed by atoms with Gasteiger partial charge in [0.1, 0.15) is 0 Å². The van der Waals surface area contributed by atoms with Crippen molar-refractivity contribution in [3.63, 3.8) is 0 Å². The zero-order valence-electron chi connectivity index (χ0n) is 7.65. The molecule has 0 spiro atoms. The molecule has 1 atom stereocenters. The largest absolute Gasteiger partial charge is 0.389 e. The first-order valence-electron chi connectivity index (χ1n) is 3.94. The summed E-state index contributed by atoms with van der Waals surface area (Å²) in [6.45, 7) is 3.65. The van der Waals surface area contributed by atoms with E-state index in [-0.39, 0.29) is 6.10 Å². The van der Waals surface area contributed by atoms with Crippen molar-refractivity contribution in [2.24, 2.45) is 7.05 Å². The smallest absolute Gasteiger partial charge is 0.0948 e. The first-order chi connectivity index (χ1) is 5.61. The molecule has 66 valence electrons. The van der Waals surface area contributed by atoms with Gasteiger partial charge in [-0.05, 0) is 25.5 Å². The molecular weight excluding hydrogens is 152 g/mol. The number of aliphatic hydroxyl groups excluding tert-OH is 1. The van der Waals surface area contributed by atoms with Crippen LogP contribution in [0, 0.1) is 0 Å². The normalized spacial score (nSPS) is 14.8. The Bertz CT molecular complexity index is 286. The fraction of sp³-hybridized carbons (Fsp3) is 0.444. The Morgan fingerprint density at radius 2 is 2.42 bits per heavy atom. The molecule has 0 amide bonds. The van der Waals surface area contributed by atoms with Crippen molar-refractivity contribution in [1.82, 2.24) is 9.55 Å². The third-order valence-electron chi connectivity index (χ3n) is 1.89. The lowest BCUT2D eigenvalue weighted by atomic mass is 10.1. The second kappa shape index (κ2) is 3.54. The molecule has 0 fully saturated rings. The van der Waals surface area contributed by atoms with Crippen molar-refractivity contribution in [3.05, 3.63) is 23.8 Å². The highest BCUT2D eigenvalue weighted by molar-refractivity contribution is 5.48. The van der Waals surface area contributed by atoms with Gasteiger partial charge in [-0.3, -0.25) is 0 Å². The van der Waals surface area contributed by atoms with E-state index < -0.39 is 0 Å². The molecule has 12 heavy (non-hydrogen) atoms. The van der Waals surface area contributed by atoms with Crippen molar-refractivity contribution >= 4 is 6.08 Å². The van der Waals surface area contributed by atoms with Gasteiger partial charge in [0.2, 0.25) is 0 Å². The quantitative estimate of drug-likeness (QED) is 0.717. The highest BCUT2D eigenvalue weighted by Crippen LogP contribution is 2.07. The molecule has 0 saturated heterocycles. The second-order valence-electron chi connectivity index (χ2n) is 2.99. The van der Waals surface area contributed by atoms with Crippen molar-refractivity contribution in [2.45, 2.75) is 20.0 Å². The van der Waals surface area contributed by atoms with Gasteiger partial charge in [0.05, 0.1) is 24.3 Å². The predicted molar refractivity (Wildman–Crippen MR) is 48.5 cm³/mol. The molecule has 3 nitrogen and oxygen atoms in total. The summed E-state index contributed by atoms with van der Waals surface area (Å²) in [5, 5.41) is 9.21. The number of aliphatic hydroxyl groups is 1. The summed E-state index contributed by atoms with van der Waals surface area (Å²) in [6.07, 6.45) is 5.05. The number of rotatable bonds is 2. The minimum atomic E-state index is -0.389. The van der Waals surface area contributed by atoms with Crippen LogP contribution in [0.15, 0.2) is 18.1 Å². The van der Waals surface area contributed by atoms with Gasteiger partial charge in [-0.25, -0.2) is 4.98 Å². The number of hydrogen-bond acceptors (Lipinski definition) is 2. The number of imidazole rings is 1. The van der Waals surface area contributed by atoms with Crippen LogP contribution < -0.4 is 0 Å². The van der Waals surface area contributed by atoms with E-state index in [0.29, 0.717) is 0 Å². The summed E-state index contributed by atoms with van der Waals surface area (Å²) in [4.78, 5) is 3.97. The molecular formula is C9H14N2O. The Balaban J connectivity index is 2.87. The molecule has 1 N–H and O–H groups in total. The third-order valence-corrected chi connectivity index (χ3v) is 1.89. The molecule has 0 aliphatic heterocycles. The minimum Gasteiger partial charge on any atom is -0.389 e. The zero-order valence-corrected chi connectivity index (χ0v) is 7.65. The SMILES string of the molecule is CC(=Cc1cncn1C)C(C)O. The van der Waals surface area contributed by atoms with Crippen LogP contribution in [0.2, 0.25) is 0 Å². The lowest BCUT2D eigenvalue weighted by Crippen LogP contribution is -2.01. The predicted octanol–water partition coefficient (Wildman–Crippen LogP) is 1.20.